The van der Waals surface area contributed by atoms with Crippen molar-refractivity contribution in [3.05, 3.63) is 47.8 Å². The third-order valence-corrected chi connectivity index (χ3v) is 7.13. The Labute approximate surface area is 158 Å². The van der Waals surface area contributed by atoms with Gasteiger partial charge in [0.1, 0.15) is 11.0 Å². The topological polar surface area (TPSA) is 77.3 Å². The summed E-state index contributed by atoms with van der Waals surface area (Å²) in [7, 11) is -1.84. The van der Waals surface area contributed by atoms with Crippen molar-refractivity contribution >= 4 is 20.9 Å². The molecule has 1 aromatic carbocycles. The van der Waals surface area contributed by atoms with Crippen LogP contribution < -0.4 is 4.74 Å². The Morgan fingerprint density at radius 1 is 1.15 bits per heavy atom. The van der Waals surface area contributed by atoms with Gasteiger partial charge in [-0.05, 0) is 32.4 Å². The Morgan fingerprint density at radius 2 is 1.93 bits per heavy atom. The molecule has 1 atom stereocenters. The third kappa shape index (κ3) is 3.19. The van der Waals surface area contributed by atoms with Crippen molar-refractivity contribution in [3.8, 4) is 5.88 Å². The second kappa shape index (κ2) is 6.61. The average molecular weight is 386 g/mol. The summed E-state index contributed by atoms with van der Waals surface area (Å²) in [4.78, 5) is 4.81. The first-order valence-electron chi connectivity index (χ1n) is 8.89. The lowest BCUT2D eigenvalue weighted by molar-refractivity contribution is 0.207. The number of benzene rings is 1. The zero-order chi connectivity index (χ0) is 19.2. The van der Waals surface area contributed by atoms with Crippen molar-refractivity contribution in [2.45, 2.75) is 31.3 Å². The maximum Gasteiger partial charge on any atom is 0.246 e. The molecule has 142 valence electrons. The number of aryl methyl sites for hydroxylation is 2. The average Bonchev–Trinajstić information content (AvgIpc) is 3.20. The zero-order valence-electron chi connectivity index (χ0n) is 15.6. The third-order valence-electron chi connectivity index (χ3n) is 5.01. The van der Waals surface area contributed by atoms with E-state index in [0.29, 0.717) is 41.7 Å². The molecular formula is C19H22N4O3S. The Hall–Kier alpha value is -2.45. The first kappa shape index (κ1) is 17.9. The summed E-state index contributed by atoms with van der Waals surface area (Å²) in [5.41, 5.74) is 2.03. The van der Waals surface area contributed by atoms with Gasteiger partial charge in [0.2, 0.25) is 15.9 Å². The first-order chi connectivity index (χ1) is 12.9. The van der Waals surface area contributed by atoms with Crippen molar-refractivity contribution in [2.75, 3.05) is 13.1 Å². The number of fused-ring (bicyclic) bond motifs is 1. The molecule has 0 N–H and O–H groups in total. The van der Waals surface area contributed by atoms with Crippen LogP contribution in [0.5, 0.6) is 5.88 Å². The second-order valence-corrected chi connectivity index (χ2v) is 8.73. The minimum Gasteiger partial charge on any atom is -0.473 e. The van der Waals surface area contributed by atoms with Gasteiger partial charge in [-0.2, -0.15) is 9.40 Å². The molecule has 2 aromatic heterocycles. The second-order valence-electron chi connectivity index (χ2n) is 6.86. The van der Waals surface area contributed by atoms with Crippen LogP contribution in [-0.2, 0) is 17.1 Å². The number of ether oxygens (including phenoxy) is 1. The van der Waals surface area contributed by atoms with Gasteiger partial charge < -0.3 is 4.74 Å². The van der Waals surface area contributed by atoms with E-state index >= 15 is 0 Å². The Kier molecular flexibility index (Phi) is 4.39. The van der Waals surface area contributed by atoms with E-state index in [0.717, 1.165) is 10.9 Å². The van der Waals surface area contributed by atoms with Crippen LogP contribution in [0.2, 0.25) is 0 Å². The molecule has 7 nitrogen and oxygen atoms in total. The van der Waals surface area contributed by atoms with Crippen LogP contribution in [0.25, 0.3) is 10.9 Å². The summed E-state index contributed by atoms with van der Waals surface area (Å²) in [5.74, 6) is 0.520. The van der Waals surface area contributed by atoms with Crippen LogP contribution in [0.3, 0.4) is 0 Å². The normalized spacial score (nSPS) is 18.3. The predicted molar refractivity (Wildman–Crippen MR) is 102 cm³/mol. The van der Waals surface area contributed by atoms with Gasteiger partial charge in [0.25, 0.3) is 0 Å². The molecule has 8 heteroatoms. The number of hydrogen-bond acceptors (Lipinski definition) is 5. The van der Waals surface area contributed by atoms with Gasteiger partial charge in [0, 0.05) is 25.0 Å². The predicted octanol–water partition coefficient (Wildman–Crippen LogP) is 2.43. The quantitative estimate of drug-likeness (QED) is 0.688. The maximum atomic E-state index is 13.1. The Balaban J connectivity index is 1.52. The van der Waals surface area contributed by atoms with E-state index in [1.807, 2.05) is 36.4 Å². The standard InChI is InChI=1S/C19H22N4O3S/c1-13-19(14(2)22(3)21-13)27(24,25)23-11-10-16(12-23)26-18-9-8-15-6-4-5-7-17(15)20-18/h4-9,16H,10-12H2,1-3H3. The highest BCUT2D eigenvalue weighted by Gasteiger charge is 2.36. The maximum absolute atomic E-state index is 13.1. The fourth-order valence-corrected chi connectivity index (χ4v) is 5.44. The van der Waals surface area contributed by atoms with E-state index in [1.54, 1.807) is 25.6 Å². The van der Waals surface area contributed by atoms with Gasteiger partial charge in [-0.3, -0.25) is 4.68 Å². The minimum atomic E-state index is -3.59. The largest absolute Gasteiger partial charge is 0.473 e. The van der Waals surface area contributed by atoms with Crippen molar-refractivity contribution in [2.24, 2.45) is 7.05 Å². The van der Waals surface area contributed by atoms with Crippen LogP contribution in [-0.4, -0.2) is 46.7 Å². The molecule has 0 saturated carbocycles. The number of aromatic nitrogens is 3. The molecule has 3 heterocycles. The fraction of sp³-hybridized carbons (Fsp3) is 0.368. The number of para-hydroxylation sites is 1. The van der Waals surface area contributed by atoms with Gasteiger partial charge in [-0.25, -0.2) is 13.4 Å². The lowest BCUT2D eigenvalue weighted by atomic mass is 10.2. The SMILES string of the molecule is Cc1nn(C)c(C)c1S(=O)(=O)N1CCC(Oc2ccc3ccccc3n2)C1. The van der Waals surface area contributed by atoms with E-state index in [2.05, 4.69) is 10.1 Å². The fourth-order valence-electron chi connectivity index (χ4n) is 3.55. The van der Waals surface area contributed by atoms with Crippen molar-refractivity contribution < 1.29 is 13.2 Å². The van der Waals surface area contributed by atoms with E-state index < -0.39 is 10.0 Å². The highest BCUT2D eigenvalue weighted by atomic mass is 32.2. The first-order valence-corrected chi connectivity index (χ1v) is 10.3. The summed E-state index contributed by atoms with van der Waals surface area (Å²) >= 11 is 0. The lowest BCUT2D eigenvalue weighted by Gasteiger charge is -2.17. The van der Waals surface area contributed by atoms with Gasteiger partial charge in [0.15, 0.2) is 0 Å². The summed E-state index contributed by atoms with van der Waals surface area (Å²) in [6.45, 7) is 4.23. The van der Waals surface area contributed by atoms with Gasteiger partial charge in [-0.15, -0.1) is 0 Å². The number of pyridine rings is 1. The van der Waals surface area contributed by atoms with Crippen molar-refractivity contribution in [3.63, 3.8) is 0 Å². The number of rotatable bonds is 4. The van der Waals surface area contributed by atoms with E-state index in [9.17, 15) is 8.42 Å². The minimum absolute atomic E-state index is 0.217. The van der Waals surface area contributed by atoms with Gasteiger partial charge >= 0.3 is 0 Å². The molecule has 0 amide bonds. The van der Waals surface area contributed by atoms with E-state index in [1.165, 1.54) is 4.31 Å². The van der Waals surface area contributed by atoms with Crippen LogP contribution >= 0.6 is 0 Å². The van der Waals surface area contributed by atoms with Crippen molar-refractivity contribution in [1.82, 2.24) is 19.1 Å². The molecule has 3 aromatic rings. The Morgan fingerprint density at radius 3 is 2.67 bits per heavy atom. The summed E-state index contributed by atoms with van der Waals surface area (Å²) in [6.07, 6.45) is 0.414. The molecule has 0 spiro atoms. The van der Waals surface area contributed by atoms with E-state index in [-0.39, 0.29) is 6.10 Å². The van der Waals surface area contributed by atoms with Crippen molar-refractivity contribution in [1.29, 1.82) is 0 Å². The van der Waals surface area contributed by atoms with Gasteiger partial charge in [-0.1, -0.05) is 18.2 Å². The molecule has 0 aliphatic carbocycles. The highest BCUT2D eigenvalue weighted by molar-refractivity contribution is 7.89. The lowest BCUT2D eigenvalue weighted by Crippen LogP contribution is -2.31. The molecular weight excluding hydrogens is 364 g/mol. The highest BCUT2D eigenvalue weighted by Crippen LogP contribution is 2.27. The van der Waals surface area contributed by atoms with Gasteiger partial charge in [0.05, 0.1) is 23.4 Å². The number of sulfonamides is 1. The molecule has 27 heavy (non-hydrogen) atoms. The molecule has 1 unspecified atom stereocenters. The molecule has 1 aliphatic rings. The van der Waals surface area contributed by atoms with Crippen LogP contribution in [0.4, 0.5) is 0 Å². The summed E-state index contributed by atoms with van der Waals surface area (Å²) in [5, 5.41) is 5.28. The zero-order valence-corrected chi connectivity index (χ0v) is 16.4. The number of hydrogen-bond donors (Lipinski definition) is 0. The smallest absolute Gasteiger partial charge is 0.246 e. The summed E-state index contributed by atoms with van der Waals surface area (Å²) < 4.78 is 35.2. The molecule has 1 fully saturated rings. The van der Waals surface area contributed by atoms with Crippen LogP contribution in [0.15, 0.2) is 41.3 Å². The molecule has 1 saturated heterocycles. The molecule has 4 rings (SSSR count). The Bertz CT molecular complexity index is 1110. The van der Waals surface area contributed by atoms with Crippen LogP contribution in [0, 0.1) is 13.8 Å². The molecule has 0 radical (unpaired) electrons. The summed E-state index contributed by atoms with van der Waals surface area (Å²) in [6, 6.07) is 11.6. The molecule has 0 bridgehead atoms. The van der Waals surface area contributed by atoms with E-state index in [4.69, 9.17) is 4.74 Å². The molecule has 1 aliphatic heterocycles. The van der Waals surface area contributed by atoms with Crippen LogP contribution in [0.1, 0.15) is 17.8 Å². The monoisotopic (exact) mass is 386 g/mol. The number of nitrogens with zero attached hydrogens (tertiary/aromatic N) is 4.